The van der Waals surface area contributed by atoms with Crippen molar-refractivity contribution in [3.05, 3.63) is 45.9 Å². The van der Waals surface area contributed by atoms with E-state index in [0.29, 0.717) is 10.9 Å². The summed E-state index contributed by atoms with van der Waals surface area (Å²) >= 11 is 9.85. The van der Waals surface area contributed by atoms with E-state index in [1.807, 2.05) is 23.7 Å². The summed E-state index contributed by atoms with van der Waals surface area (Å²) in [7, 11) is 2.00. The average molecular weight is 407 g/mol. The third-order valence-electron chi connectivity index (χ3n) is 4.55. The van der Waals surface area contributed by atoms with E-state index in [-0.39, 0.29) is 0 Å². The van der Waals surface area contributed by atoms with Crippen LogP contribution in [0.15, 0.2) is 35.1 Å². The molecule has 3 aromatic rings. The minimum absolute atomic E-state index is 0.379. The molecule has 124 valence electrons. The number of pyridine rings is 1. The zero-order valence-electron chi connectivity index (χ0n) is 13.3. The van der Waals surface area contributed by atoms with E-state index in [2.05, 4.69) is 43.2 Å². The molecule has 1 saturated heterocycles. The van der Waals surface area contributed by atoms with Crippen LogP contribution in [-0.4, -0.2) is 32.8 Å². The van der Waals surface area contributed by atoms with Gasteiger partial charge in [0.05, 0.1) is 10.5 Å². The van der Waals surface area contributed by atoms with Gasteiger partial charge in [-0.05, 0) is 37.1 Å². The Morgan fingerprint density at radius 2 is 2.17 bits per heavy atom. The van der Waals surface area contributed by atoms with Gasteiger partial charge in [0.1, 0.15) is 18.0 Å². The normalized spacial score (nSPS) is 18.3. The fraction of sp³-hybridized carbons (Fsp3) is 0.353. The first-order chi connectivity index (χ1) is 11.6. The van der Waals surface area contributed by atoms with Crippen LogP contribution in [0.1, 0.15) is 24.6 Å². The maximum absolute atomic E-state index is 6.37. The van der Waals surface area contributed by atoms with Crippen molar-refractivity contribution < 1.29 is 0 Å². The Hall–Kier alpha value is -1.66. The van der Waals surface area contributed by atoms with Crippen LogP contribution in [0.3, 0.4) is 0 Å². The van der Waals surface area contributed by atoms with E-state index in [9.17, 15) is 0 Å². The molecule has 7 heteroatoms. The second-order valence-corrected chi connectivity index (χ2v) is 7.54. The summed E-state index contributed by atoms with van der Waals surface area (Å²) in [6, 6.07) is 8.08. The molecule has 0 spiro atoms. The number of nitrogens with zero attached hydrogens (tertiary/aromatic N) is 5. The Kier molecular flexibility index (Phi) is 4.18. The van der Waals surface area contributed by atoms with Crippen molar-refractivity contribution in [3.8, 4) is 0 Å². The highest BCUT2D eigenvalue weighted by Gasteiger charge is 2.25. The molecule has 0 saturated carbocycles. The molecule has 1 aliphatic rings. The number of rotatable bonds is 2. The molecular formula is C17H17BrClN5. The van der Waals surface area contributed by atoms with Gasteiger partial charge in [0.2, 0.25) is 0 Å². The Morgan fingerprint density at radius 1 is 1.29 bits per heavy atom. The first kappa shape index (κ1) is 15.8. The molecule has 0 aliphatic carbocycles. The number of fused-ring (bicyclic) bond motifs is 1. The molecule has 0 amide bonds. The molecule has 2 aromatic heterocycles. The average Bonchev–Trinajstić information content (AvgIpc) is 3.01. The fourth-order valence-electron chi connectivity index (χ4n) is 3.38. The molecule has 1 fully saturated rings. The molecule has 1 unspecified atom stereocenters. The summed E-state index contributed by atoms with van der Waals surface area (Å²) in [6.07, 6.45) is 4.01. The minimum Gasteiger partial charge on any atom is -0.356 e. The number of piperidine rings is 1. The Bertz CT molecular complexity index is 894. The van der Waals surface area contributed by atoms with Gasteiger partial charge in [-0.25, -0.2) is 4.98 Å². The predicted molar refractivity (Wildman–Crippen MR) is 99.6 cm³/mol. The van der Waals surface area contributed by atoms with Crippen LogP contribution in [0.25, 0.3) is 10.9 Å². The van der Waals surface area contributed by atoms with Crippen molar-refractivity contribution in [2.75, 3.05) is 18.0 Å². The molecule has 24 heavy (non-hydrogen) atoms. The summed E-state index contributed by atoms with van der Waals surface area (Å²) in [5.74, 6) is 2.39. The number of aryl methyl sites for hydroxylation is 1. The van der Waals surface area contributed by atoms with Gasteiger partial charge in [-0.2, -0.15) is 0 Å². The maximum Gasteiger partial charge on any atom is 0.137 e. The highest BCUT2D eigenvalue weighted by atomic mass is 79.9. The fourth-order valence-corrected chi connectivity index (χ4v) is 4.26. The highest BCUT2D eigenvalue weighted by Crippen LogP contribution is 2.31. The lowest BCUT2D eigenvalue weighted by Gasteiger charge is -2.33. The van der Waals surface area contributed by atoms with Gasteiger partial charge in [0, 0.05) is 35.9 Å². The molecule has 0 radical (unpaired) electrons. The number of halogens is 2. The van der Waals surface area contributed by atoms with Crippen LogP contribution >= 0.6 is 27.5 Å². The van der Waals surface area contributed by atoms with E-state index in [4.69, 9.17) is 16.6 Å². The molecule has 0 N–H and O–H groups in total. The van der Waals surface area contributed by atoms with Crippen molar-refractivity contribution in [2.45, 2.75) is 18.8 Å². The van der Waals surface area contributed by atoms with E-state index in [0.717, 1.165) is 52.9 Å². The molecule has 1 atom stereocenters. The SMILES string of the molecule is Cn1cnnc1C1CCCN(c2ccc3cc(Br)cc(Cl)c3n2)C1. The summed E-state index contributed by atoms with van der Waals surface area (Å²) in [5.41, 5.74) is 0.846. The number of benzene rings is 1. The van der Waals surface area contributed by atoms with Crippen molar-refractivity contribution in [1.82, 2.24) is 19.7 Å². The van der Waals surface area contributed by atoms with Gasteiger partial charge in [-0.1, -0.05) is 27.5 Å². The van der Waals surface area contributed by atoms with Crippen LogP contribution < -0.4 is 4.90 Å². The lowest BCUT2D eigenvalue weighted by molar-refractivity contribution is 0.478. The summed E-state index contributed by atoms with van der Waals surface area (Å²) in [6.45, 7) is 1.90. The van der Waals surface area contributed by atoms with Crippen LogP contribution in [-0.2, 0) is 7.05 Å². The number of hydrogen-bond acceptors (Lipinski definition) is 4. The van der Waals surface area contributed by atoms with Crippen molar-refractivity contribution in [2.24, 2.45) is 7.05 Å². The third kappa shape index (κ3) is 2.89. The molecular weight excluding hydrogens is 390 g/mol. The van der Waals surface area contributed by atoms with Gasteiger partial charge in [0.15, 0.2) is 0 Å². The van der Waals surface area contributed by atoms with Crippen molar-refractivity contribution in [3.63, 3.8) is 0 Å². The van der Waals surface area contributed by atoms with Crippen LogP contribution in [0.4, 0.5) is 5.82 Å². The molecule has 4 rings (SSSR count). The Balaban J connectivity index is 1.65. The van der Waals surface area contributed by atoms with Gasteiger partial charge < -0.3 is 9.47 Å². The third-order valence-corrected chi connectivity index (χ3v) is 5.30. The van der Waals surface area contributed by atoms with Crippen molar-refractivity contribution in [1.29, 1.82) is 0 Å². The standard InChI is InChI=1S/C17H17BrClN5/c1-23-10-20-22-17(23)12-3-2-6-24(9-12)15-5-4-11-7-13(18)8-14(19)16(11)21-15/h4-5,7-8,10,12H,2-3,6,9H2,1H3. The van der Waals surface area contributed by atoms with Crippen LogP contribution in [0.5, 0.6) is 0 Å². The molecule has 0 bridgehead atoms. The molecule has 5 nitrogen and oxygen atoms in total. The van der Waals surface area contributed by atoms with Gasteiger partial charge >= 0.3 is 0 Å². The Morgan fingerprint density at radius 3 is 2.96 bits per heavy atom. The van der Waals surface area contributed by atoms with Gasteiger partial charge in [-0.15, -0.1) is 10.2 Å². The smallest absolute Gasteiger partial charge is 0.137 e. The van der Waals surface area contributed by atoms with Crippen LogP contribution in [0, 0.1) is 0 Å². The summed E-state index contributed by atoms with van der Waals surface area (Å²) < 4.78 is 2.98. The molecule has 1 aromatic carbocycles. The number of hydrogen-bond donors (Lipinski definition) is 0. The van der Waals surface area contributed by atoms with E-state index >= 15 is 0 Å². The Labute approximate surface area is 153 Å². The largest absolute Gasteiger partial charge is 0.356 e. The second kappa shape index (κ2) is 6.33. The lowest BCUT2D eigenvalue weighted by Crippen LogP contribution is -2.35. The van der Waals surface area contributed by atoms with Gasteiger partial charge in [0.25, 0.3) is 0 Å². The zero-order valence-corrected chi connectivity index (χ0v) is 15.6. The minimum atomic E-state index is 0.379. The van der Waals surface area contributed by atoms with Crippen molar-refractivity contribution >= 4 is 44.3 Å². The summed E-state index contributed by atoms with van der Waals surface area (Å²) in [4.78, 5) is 7.13. The monoisotopic (exact) mass is 405 g/mol. The molecule has 3 heterocycles. The number of aromatic nitrogens is 4. The topological polar surface area (TPSA) is 46.8 Å². The van der Waals surface area contributed by atoms with Gasteiger partial charge in [-0.3, -0.25) is 0 Å². The maximum atomic E-state index is 6.37. The first-order valence-electron chi connectivity index (χ1n) is 7.96. The van der Waals surface area contributed by atoms with E-state index in [1.165, 1.54) is 0 Å². The zero-order chi connectivity index (χ0) is 16.7. The first-order valence-corrected chi connectivity index (χ1v) is 9.13. The quantitative estimate of drug-likeness (QED) is 0.641. The number of anilines is 1. The highest BCUT2D eigenvalue weighted by molar-refractivity contribution is 9.10. The predicted octanol–water partition coefficient (Wildman–Crippen LogP) is 4.16. The van der Waals surface area contributed by atoms with E-state index < -0.39 is 0 Å². The molecule has 1 aliphatic heterocycles. The second-order valence-electron chi connectivity index (χ2n) is 6.21. The summed E-state index contributed by atoms with van der Waals surface area (Å²) in [5, 5.41) is 10.0. The van der Waals surface area contributed by atoms with Crippen LogP contribution in [0.2, 0.25) is 5.02 Å². The lowest BCUT2D eigenvalue weighted by atomic mass is 9.97. The van der Waals surface area contributed by atoms with E-state index in [1.54, 1.807) is 6.33 Å².